The van der Waals surface area contributed by atoms with Gasteiger partial charge < -0.3 is 82.5 Å². The molecule has 13 atom stereocenters. The average Bonchev–Trinajstić information content (AvgIpc) is 3.90. The number of phenolic OH excluding ortho intramolecular Hbond substituents is 1. The molecule has 0 aromatic heterocycles. The van der Waals surface area contributed by atoms with Gasteiger partial charge >= 0.3 is 0 Å². The third-order valence-electron chi connectivity index (χ3n) is 13.9. The van der Waals surface area contributed by atoms with Crippen LogP contribution in [0.15, 0.2) is 24.3 Å². The minimum atomic E-state index is -2.19. The molecule has 3 aliphatic heterocycles. The molecular formula is C50H82N8O16. The maximum Gasteiger partial charge on any atom is 0.248 e. The van der Waals surface area contributed by atoms with E-state index in [1.807, 2.05) is 0 Å². The van der Waals surface area contributed by atoms with Gasteiger partial charge in [-0.15, -0.1) is 0 Å². The second-order valence-corrected chi connectivity index (χ2v) is 20.1. The Kier molecular flexibility index (Phi) is 25.9. The number of primary amides is 1. The van der Waals surface area contributed by atoms with Crippen molar-refractivity contribution < 1.29 is 79.3 Å². The lowest BCUT2D eigenvalue weighted by atomic mass is 9.99. The molecule has 3 saturated heterocycles. The first-order chi connectivity index (χ1) is 35.3. The highest BCUT2D eigenvalue weighted by Gasteiger charge is 2.50. The van der Waals surface area contributed by atoms with E-state index in [4.69, 9.17) is 10.6 Å². The summed E-state index contributed by atoms with van der Waals surface area (Å²) in [4.78, 5) is 104. The predicted molar refractivity (Wildman–Crippen MR) is 265 cm³/mol. The second-order valence-electron chi connectivity index (χ2n) is 20.1. The number of hydroxylamine groups is 1. The number of nitrogens with two attached hydrogens (primary N) is 1. The molecule has 0 bridgehead atoms. The number of unbranched alkanes of at least 4 members (excludes halogenated alkanes) is 13. The van der Waals surface area contributed by atoms with Crippen molar-refractivity contribution in [3.8, 4) is 5.75 Å². The van der Waals surface area contributed by atoms with Gasteiger partial charge in [0.15, 0.2) is 6.23 Å². The summed E-state index contributed by atoms with van der Waals surface area (Å²) in [6, 6.07) is -5.64. The number of rotatable bonds is 24. The van der Waals surface area contributed by atoms with Crippen LogP contribution >= 0.6 is 0 Å². The van der Waals surface area contributed by atoms with Gasteiger partial charge in [-0.05, 0) is 24.1 Å². The number of carbonyl (C=O) groups excluding carboxylic acids is 7. The first kappa shape index (κ1) is 61.5. The summed E-state index contributed by atoms with van der Waals surface area (Å²) >= 11 is 0. The molecule has 1 aromatic rings. The van der Waals surface area contributed by atoms with Gasteiger partial charge in [0.05, 0.1) is 44.1 Å². The van der Waals surface area contributed by atoms with Crippen LogP contribution in [0.2, 0.25) is 0 Å². The number of aliphatic hydroxyl groups is 7. The highest BCUT2D eigenvalue weighted by Crippen LogP contribution is 2.27. The highest BCUT2D eigenvalue weighted by atomic mass is 16.6. The summed E-state index contributed by atoms with van der Waals surface area (Å²) in [5.41, 5.74) is 8.23. The molecule has 0 saturated carbocycles. The number of amides is 7. The molecule has 7 amide bonds. The Morgan fingerprint density at radius 1 is 0.716 bits per heavy atom. The van der Waals surface area contributed by atoms with Crippen molar-refractivity contribution in [2.45, 2.75) is 202 Å². The first-order valence-electron chi connectivity index (χ1n) is 26.2. The van der Waals surface area contributed by atoms with Crippen molar-refractivity contribution in [1.82, 2.24) is 36.5 Å². The van der Waals surface area contributed by atoms with Crippen LogP contribution < -0.4 is 32.5 Å². The van der Waals surface area contributed by atoms with Gasteiger partial charge in [0, 0.05) is 38.3 Å². The quantitative estimate of drug-likeness (QED) is 0.0383. The molecular weight excluding hydrogens is 969 g/mol. The molecule has 4 rings (SSSR count). The summed E-state index contributed by atoms with van der Waals surface area (Å²) in [6.45, 7) is 1.84. The minimum absolute atomic E-state index is 0.0980. The molecule has 3 fully saturated rings. The van der Waals surface area contributed by atoms with Crippen LogP contribution in [0.25, 0.3) is 0 Å². The number of hydrogen-bond donors (Lipinski definition) is 14. The van der Waals surface area contributed by atoms with Crippen LogP contribution in [-0.2, 0) is 44.8 Å². The molecule has 3 aliphatic rings. The van der Waals surface area contributed by atoms with Gasteiger partial charge in [0.1, 0.15) is 48.1 Å². The summed E-state index contributed by atoms with van der Waals surface area (Å²) in [5, 5.41) is 96.6. The fraction of sp³-hybridized carbons (Fsp3) is 0.740. The van der Waals surface area contributed by atoms with Crippen molar-refractivity contribution >= 4 is 41.4 Å². The molecule has 1 aromatic carbocycles. The summed E-state index contributed by atoms with van der Waals surface area (Å²) in [5.74, 6) is -9.19. The predicted octanol–water partition coefficient (Wildman–Crippen LogP) is -2.28. The van der Waals surface area contributed by atoms with E-state index < -0.39 is 159 Å². The van der Waals surface area contributed by atoms with E-state index in [1.165, 1.54) is 82.6 Å². The van der Waals surface area contributed by atoms with Crippen LogP contribution in [0.4, 0.5) is 0 Å². The number of benzene rings is 1. The lowest BCUT2D eigenvalue weighted by Crippen LogP contribution is -2.64. The van der Waals surface area contributed by atoms with Crippen LogP contribution in [0.1, 0.15) is 129 Å². The van der Waals surface area contributed by atoms with Crippen LogP contribution in [0, 0.1) is 5.92 Å². The van der Waals surface area contributed by atoms with E-state index in [0.29, 0.717) is 12.0 Å². The molecule has 74 heavy (non-hydrogen) atoms. The van der Waals surface area contributed by atoms with Gasteiger partial charge in [0.25, 0.3) is 0 Å². The van der Waals surface area contributed by atoms with Gasteiger partial charge in [-0.1, -0.05) is 109 Å². The zero-order valence-electron chi connectivity index (χ0n) is 42.7. The summed E-state index contributed by atoms with van der Waals surface area (Å²) in [7, 11) is 0. The van der Waals surface area contributed by atoms with Crippen molar-refractivity contribution in [3.05, 3.63) is 29.8 Å². The SMILES string of the molecule is CCCCCCCCCCCCCCCCONC1CC(O)C(O)NC(=O)C2C(O)C(C)CN2C(=O)C(C(O)CC(N)=O)NC(=O)C(C(O)Cc2ccc(O)cc2)NC(=O)C2CC(O)CN2C(=O)C(CO)NC1=O. The molecule has 3 heterocycles. The van der Waals surface area contributed by atoms with E-state index in [9.17, 15) is 74.4 Å². The van der Waals surface area contributed by atoms with Crippen LogP contribution in [0.5, 0.6) is 5.75 Å². The molecule has 418 valence electrons. The van der Waals surface area contributed by atoms with Crippen molar-refractivity contribution in [3.63, 3.8) is 0 Å². The van der Waals surface area contributed by atoms with E-state index in [-0.39, 0.29) is 18.8 Å². The monoisotopic (exact) mass is 1050 g/mol. The average molecular weight is 1050 g/mol. The Balaban J connectivity index is 1.60. The largest absolute Gasteiger partial charge is 0.508 e. The van der Waals surface area contributed by atoms with Gasteiger partial charge in [-0.3, -0.25) is 33.6 Å². The number of phenols is 1. The third-order valence-corrected chi connectivity index (χ3v) is 13.9. The number of aliphatic hydroxyl groups excluding tert-OH is 7. The van der Waals surface area contributed by atoms with Gasteiger partial charge in [-0.2, -0.15) is 5.48 Å². The smallest absolute Gasteiger partial charge is 0.248 e. The number of carbonyl (C=O) groups is 7. The van der Waals surface area contributed by atoms with Crippen LogP contribution in [0.3, 0.4) is 0 Å². The number of aromatic hydroxyl groups is 1. The normalized spacial score (nSPS) is 28.6. The molecule has 24 heteroatoms. The summed E-state index contributed by atoms with van der Waals surface area (Å²) in [6.07, 6.45) is 2.12. The Bertz CT molecular complexity index is 1970. The van der Waals surface area contributed by atoms with Crippen molar-refractivity contribution in [2.24, 2.45) is 11.7 Å². The molecule has 13 unspecified atom stereocenters. The number of nitrogens with zero attached hydrogens (tertiary/aromatic N) is 2. The van der Waals surface area contributed by atoms with E-state index in [1.54, 1.807) is 0 Å². The fourth-order valence-corrected chi connectivity index (χ4v) is 9.60. The lowest BCUT2D eigenvalue weighted by Gasteiger charge is -2.33. The molecule has 24 nitrogen and oxygen atoms in total. The molecule has 0 spiro atoms. The Hall–Kier alpha value is -5.05. The van der Waals surface area contributed by atoms with Crippen molar-refractivity contribution in [2.75, 3.05) is 26.3 Å². The lowest BCUT2D eigenvalue weighted by molar-refractivity contribution is -0.149. The number of hydrogen-bond acceptors (Lipinski definition) is 17. The van der Waals surface area contributed by atoms with Gasteiger partial charge in [-0.25, -0.2) is 0 Å². The topological polar surface area (TPSA) is 383 Å². The molecule has 15 N–H and O–H groups in total. The zero-order valence-corrected chi connectivity index (χ0v) is 42.7. The standard InChI is InChI=1S/C50H82N8O16/c1-3-4-5-6-7-8-9-10-11-12-13-14-15-16-21-74-56-33-24-38(64)46(69)55-48(71)42-43(66)29(2)26-58(42)50(73)41(37(63)25-39(51)65)54-47(70)40(36(62)22-30-17-19-31(60)20-18-30)53-45(68)35-23-32(61)27-57(35)49(72)34(28-59)52-44(33)67/h17-20,29,32-38,40-43,46,56,59-64,66,69H,3-16,21-28H2,1-2H3,(H2,51,65)(H,52,67)(H,53,68)(H,54,70)(H,55,71). The van der Waals surface area contributed by atoms with E-state index in [0.717, 1.165) is 41.9 Å². The first-order valence-corrected chi connectivity index (χ1v) is 26.2. The number of fused-ring (bicyclic) bond motifs is 2. The minimum Gasteiger partial charge on any atom is -0.508 e. The maximum absolute atomic E-state index is 14.5. The third kappa shape index (κ3) is 18.7. The molecule has 0 radical (unpaired) electrons. The highest BCUT2D eigenvalue weighted by molar-refractivity contribution is 5.98. The fourth-order valence-electron chi connectivity index (χ4n) is 9.60. The van der Waals surface area contributed by atoms with Crippen molar-refractivity contribution in [1.29, 1.82) is 0 Å². The van der Waals surface area contributed by atoms with E-state index >= 15 is 0 Å². The van der Waals surface area contributed by atoms with E-state index in [2.05, 4.69) is 33.7 Å². The molecule has 0 aliphatic carbocycles. The Morgan fingerprint density at radius 3 is 1.88 bits per heavy atom. The Labute approximate surface area is 432 Å². The number of nitrogens with one attached hydrogen (secondary N) is 5. The van der Waals surface area contributed by atoms with Gasteiger partial charge in [0.2, 0.25) is 41.4 Å². The maximum atomic E-state index is 14.5. The van der Waals surface area contributed by atoms with Crippen LogP contribution in [-0.4, -0.2) is 191 Å². The second kappa shape index (κ2) is 31.1. The Morgan fingerprint density at radius 2 is 1.30 bits per heavy atom. The zero-order chi connectivity index (χ0) is 54.5. The summed E-state index contributed by atoms with van der Waals surface area (Å²) < 4.78 is 0.